The molecule has 0 bridgehead atoms. The first-order valence-corrected chi connectivity index (χ1v) is 11.6. The van der Waals surface area contributed by atoms with Crippen LogP contribution in [0.3, 0.4) is 0 Å². The van der Waals surface area contributed by atoms with Crippen LogP contribution in [0.15, 0.2) is 72.8 Å². The maximum atomic E-state index is 14.2. The first-order chi connectivity index (χ1) is 17.3. The molecule has 7 nitrogen and oxygen atoms in total. The summed E-state index contributed by atoms with van der Waals surface area (Å²) in [6.45, 7) is 1.91. The van der Waals surface area contributed by atoms with Gasteiger partial charge in [-0.1, -0.05) is 65.7 Å². The molecular formula is C28H19ClN4O3. The van der Waals surface area contributed by atoms with Crippen LogP contribution in [0.5, 0.6) is 0 Å². The summed E-state index contributed by atoms with van der Waals surface area (Å²) in [5.41, 5.74) is 1.35. The normalized spacial score (nSPS) is 21.1. The number of rotatable bonds is 4. The van der Waals surface area contributed by atoms with Gasteiger partial charge in [-0.15, -0.1) is 0 Å². The van der Waals surface area contributed by atoms with E-state index in [4.69, 9.17) is 11.6 Å². The zero-order valence-electron chi connectivity index (χ0n) is 19.1. The van der Waals surface area contributed by atoms with E-state index in [1.54, 1.807) is 48.6 Å². The molecule has 3 aromatic rings. The van der Waals surface area contributed by atoms with Gasteiger partial charge in [0.25, 0.3) is 5.69 Å². The molecule has 0 amide bonds. The first-order valence-electron chi connectivity index (χ1n) is 11.2. The minimum atomic E-state index is -1.69. The van der Waals surface area contributed by atoms with Crippen LogP contribution in [-0.4, -0.2) is 22.8 Å². The smallest absolute Gasteiger partial charge is 0.269 e. The van der Waals surface area contributed by atoms with Crippen molar-refractivity contribution < 1.29 is 9.72 Å². The Kier molecular flexibility index (Phi) is 5.59. The molecule has 2 aliphatic rings. The molecule has 8 heteroatoms. The average molecular weight is 495 g/mol. The number of carbonyl (C=O) groups is 1. The molecule has 0 spiro atoms. The van der Waals surface area contributed by atoms with Gasteiger partial charge in [-0.05, 0) is 36.2 Å². The summed E-state index contributed by atoms with van der Waals surface area (Å²) >= 11 is 6.22. The predicted octanol–water partition coefficient (Wildman–Crippen LogP) is 5.84. The molecule has 36 heavy (non-hydrogen) atoms. The van der Waals surface area contributed by atoms with Gasteiger partial charge in [0, 0.05) is 34.3 Å². The molecule has 0 N–H and O–H groups in total. The minimum Gasteiger partial charge on any atom is -0.351 e. The summed E-state index contributed by atoms with van der Waals surface area (Å²) < 4.78 is 0. The number of nitro groups is 1. The Hall–Kier alpha value is -4.46. The van der Waals surface area contributed by atoms with Crippen LogP contribution < -0.4 is 4.90 Å². The summed E-state index contributed by atoms with van der Waals surface area (Å²) in [6.07, 6.45) is 3.55. The number of aryl methyl sites for hydroxylation is 1. The molecule has 0 aliphatic carbocycles. The number of nitriles is 2. The number of halogens is 1. The molecule has 0 saturated carbocycles. The summed E-state index contributed by atoms with van der Waals surface area (Å²) in [7, 11) is 0. The SMILES string of the molecule is Cc1ccc(C(=O)C2C(c3cccc([N+](=O)[O-])c3)C(C#N)(C#N)C3C=Cc4cc(Cl)ccc4N23)cc1. The number of Topliss-reactive ketones (excluding diaryl/α,β-unsaturated/α-hetero) is 1. The van der Waals surface area contributed by atoms with Crippen LogP contribution in [0.2, 0.25) is 5.02 Å². The summed E-state index contributed by atoms with van der Waals surface area (Å²) in [5, 5.41) is 33.0. The predicted molar refractivity (Wildman–Crippen MR) is 136 cm³/mol. The van der Waals surface area contributed by atoms with E-state index in [-0.39, 0.29) is 11.5 Å². The van der Waals surface area contributed by atoms with Crippen LogP contribution in [0.1, 0.15) is 33.0 Å². The van der Waals surface area contributed by atoms with Crippen LogP contribution in [-0.2, 0) is 0 Å². The molecule has 3 aromatic carbocycles. The molecule has 0 radical (unpaired) electrons. The van der Waals surface area contributed by atoms with Crippen molar-refractivity contribution in [1.82, 2.24) is 0 Å². The number of benzene rings is 3. The number of nitro benzene ring substituents is 1. The van der Waals surface area contributed by atoms with Crippen LogP contribution in [0.25, 0.3) is 6.08 Å². The zero-order valence-corrected chi connectivity index (χ0v) is 19.9. The molecule has 0 aromatic heterocycles. The molecule has 2 aliphatic heterocycles. The van der Waals surface area contributed by atoms with Gasteiger partial charge in [-0.3, -0.25) is 14.9 Å². The van der Waals surface area contributed by atoms with Gasteiger partial charge in [0.1, 0.15) is 6.04 Å². The quantitative estimate of drug-likeness (QED) is 0.256. The van der Waals surface area contributed by atoms with Crippen molar-refractivity contribution in [1.29, 1.82) is 10.5 Å². The van der Waals surface area contributed by atoms with Gasteiger partial charge in [-0.25, -0.2) is 0 Å². The van der Waals surface area contributed by atoms with E-state index < -0.39 is 28.3 Å². The fourth-order valence-corrected chi connectivity index (χ4v) is 5.54. The number of hydrogen-bond donors (Lipinski definition) is 0. The topological polar surface area (TPSA) is 111 Å². The van der Waals surface area contributed by atoms with Gasteiger partial charge >= 0.3 is 0 Å². The van der Waals surface area contributed by atoms with E-state index >= 15 is 0 Å². The lowest BCUT2D eigenvalue weighted by atomic mass is 9.69. The standard InChI is InChI=1S/C28H19ClN4O3/c1-17-5-7-18(8-6-17)27(34)26-25(20-3-2-4-22(14-20)33(35)36)28(15-30,16-31)24-12-9-19-13-21(29)10-11-23(19)32(24)26/h2-14,24-26H,1H3. The van der Waals surface area contributed by atoms with E-state index in [1.165, 1.54) is 18.2 Å². The van der Waals surface area contributed by atoms with Gasteiger partial charge in [0.15, 0.2) is 11.2 Å². The monoisotopic (exact) mass is 494 g/mol. The van der Waals surface area contributed by atoms with E-state index in [9.17, 15) is 25.4 Å². The Morgan fingerprint density at radius 3 is 2.47 bits per heavy atom. The lowest BCUT2D eigenvalue weighted by Gasteiger charge is -2.35. The fraction of sp³-hybridized carbons (Fsp3) is 0.179. The van der Waals surface area contributed by atoms with Gasteiger partial charge in [0.05, 0.1) is 23.1 Å². The molecular weight excluding hydrogens is 476 g/mol. The number of anilines is 1. The number of fused-ring (bicyclic) bond motifs is 3. The largest absolute Gasteiger partial charge is 0.351 e. The molecule has 5 rings (SSSR count). The second kappa shape index (κ2) is 8.64. The third-order valence-corrected chi connectivity index (χ3v) is 7.25. The molecule has 3 atom stereocenters. The highest BCUT2D eigenvalue weighted by molar-refractivity contribution is 6.30. The Morgan fingerprint density at radius 2 is 1.81 bits per heavy atom. The zero-order chi connectivity index (χ0) is 25.6. The lowest BCUT2D eigenvalue weighted by molar-refractivity contribution is -0.384. The maximum absolute atomic E-state index is 14.2. The van der Waals surface area contributed by atoms with E-state index in [0.29, 0.717) is 21.8 Å². The van der Waals surface area contributed by atoms with Crippen molar-refractivity contribution >= 4 is 34.8 Å². The molecule has 1 fully saturated rings. The lowest BCUT2D eigenvalue weighted by Crippen LogP contribution is -2.44. The van der Waals surface area contributed by atoms with Crippen molar-refractivity contribution in [3.8, 4) is 12.1 Å². The number of hydrogen-bond acceptors (Lipinski definition) is 6. The van der Waals surface area contributed by atoms with Crippen molar-refractivity contribution in [2.24, 2.45) is 5.41 Å². The summed E-state index contributed by atoms with van der Waals surface area (Å²) in [5.74, 6) is -1.24. The Balaban J connectivity index is 1.79. The maximum Gasteiger partial charge on any atom is 0.269 e. The number of non-ortho nitro benzene ring substituents is 1. The third kappa shape index (κ3) is 3.45. The van der Waals surface area contributed by atoms with Gasteiger partial charge in [0.2, 0.25) is 0 Å². The van der Waals surface area contributed by atoms with Crippen molar-refractivity contribution in [3.63, 3.8) is 0 Å². The van der Waals surface area contributed by atoms with Crippen molar-refractivity contribution in [2.75, 3.05) is 4.90 Å². The first kappa shape index (κ1) is 23.3. The molecule has 3 unspecified atom stereocenters. The van der Waals surface area contributed by atoms with E-state index in [1.807, 2.05) is 24.0 Å². The van der Waals surface area contributed by atoms with E-state index in [2.05, 4.69) is 12.1 Å². The molecule has 2 heterocycles. The average Bonchev–Trinajstić information content (AvgIpc) is 3.19. The highest BCUT2D eigenvalue weighted by Gasteiger charge is 2.63. The Labute approximate surface area is 212 Å². The van der Waals surface area contributed by atoms with Crippen molar-refractivity contribution in [3.05, 3.63) is 110 Å². The molecule has 1 saturated heterocycles. The highest BCUT2D eigenvalue weighted by Crippen LogP contribution is 2.56. The Morgan fingerprint density at radius 1 is 1.08 bits per heavy atom. The number of carbonyl (C=O) groups excluding carboxylic acids is 1. The molecule has 176 valence electrons. The Bertz CT molecular complexity index is 1500. The highest BCUT2D eigenvalue weighted by atomic mass is 35.5. The summed E-state index contributed by atoms with van der Waals surface area (Å²) in [6, 6.07) is 20.9. The minimum absolute atomic E-state index is 0.175. The van der Waals surface area contributed by atoms with Gasteiger partial charge < -0.3 is 4.90 Å². The van der Waals surface area contributed by atoms with Crippen molar-refractivity contribution in [2.45, 2.75) is 24.9 Å². The van der Waals surface area contributed by atoms with E-state index in [0.717, 1.165) is 11.1 Å². The third-order valence-electron chi connectivity index (χ3n) is 7.01. The summed E-state index contributed by atoms with van der Waals surface area (Å²) in [4.78, 5) is 27.0. The number of ketones is 1. The fourth-order valence-electron chi connectivity index (χ4n) is 5.36. The van der Waals surface area contributed by atoms with Crippen LogP contribution >= 0.6 is 11.6 Å². The van der Waals surface area contributed by atoms with Crippen LogP contribution in [0.4, 0.5) is 11.4 Å². The van der Waals surface area contributed by atoms with Gasteiger partial charge in [-0.2, -0.15) is 10.5 Å². The second-order valence-electron chi connectivity index (χ2n) is 9.01. The number of nitrogens with zero attached hydrogens (tertiary/aromatic N) is 4. The second-order valence-corrected chi connectivity index (χ2v) is 9.45. The van der Waals surface area contributed by atoms with Crippen LogP contribution in [0, 0.1) is 45.1 Å².